The summed E-state index contributed by atoms with van der Waals surface area (Å²) in [6, 6.07) is 6.42. The van der Waals surface area contributed by atoms with Crippen molar-refractivity contribution in [3.05, 3.63) is 48.0 Å². The molecule has 23 heavy (non-hydrogen) atoms. The second kappa shape index (κ2) is 6.17. The minimum atomic E-state index is -0.945. The number of anilines is 1. The number of hydrogen-bond donors (Lipinski definition) is 1. The summed E-state index contributed by atoms with van der Waals surface area (Å²) < 4.78 is 23.2. The first kappa shape index (κ1) is 15.2. The predicted molar refractivity (Wildman–Crippen MR) is 76.8 cm³/mol. The van der Waals surface area contributed by atoms with Gasteiger partial charge in [0.1, 0.15) is 18.7 Å². The van der Waals surface area contributed by atoms with Crippen molar-refractivity contribution >= 4 is 17.6 Å². The van der Waals surface area contributed by atoms with Crippen molar-refractivity contribution in [2.75, 3.05) is 19.0 Å². The van der Waals surface area contributed by atoms with E-state index in [0.717, 1.165) is 0 Å². The highest BCUT2D eigenvalue weighted by Gasteiger charge is 2.40. The summed E-state index contributed by atoms with van der Waals surface area (Å²) in [5, 5.41) is 6.16. The molecule has 2 atom stereocenters. The standard InChI is InChI=1S/C15H14FN3O4/c1-19-12(20)8-22-14(15(21)17-11-6-7-23-18-11)13(19)9-2-4-10(16)5-3-9/h2-7,13-14H,8H2,1H3,(H,17,18,21)/t13-,14-/m1/s1. The molecule has 1 aliphatic rings. The Morgan fingerprint density at radius 1 is 1.35 bits per heavy atom. The number of morpholine rings is 1. The van der Waals surface area contributed by atoms with Crippen molar-refractivity contribution in [2.24, 2.45) is 0 Å². The van der Waals surface area contributed by atoms with E-state index in [4.69, 9.17) is 4.74 Å². The molecule has 1 aliphatic heterocycles. The maximum absolute atomic E-state index is 13.1. The number of carbonyl (C=O) groups is 2. The predicted octanol–water partition coefficient (Wildman–Crippen LogP) is 1.35. The molecule has 1 aromatic heterocycles. The number of nitrogens with zero attached hydrogens (tertiary/aromatic N) is 2. The average Bonchev–Trinajstić information content (AvgIpc) is 3.04. The van der Waals surface area contributed by atoms with Crippen LogP contribution in [0.3, 0.4) is 0 Å². The van der Waals surface area contributed by atoms with Gasteiger partial charge in [-0.2, -0.15) is 0 Å². The third-order valence-electron chi connectivity index (χ3n) is 3.64. The SMILES string of the molecule is CN1C(=O)CO[C@@H](C(=O)Nc2ccon2)[C@H]1c1ccc(F)cc1. The fraction of sp³-hybridized carbons (Fsp3) is 0.267. The molecule has 0 spiro atoms. The molecule has 3 rings (SSSR count). The molecule has 2 heterocycles. The molecule has 2 aromatic rings. The minimum absolute atomic E-state index is 0.203. The summed E-state index contributed by atoms with van der Waals surface area (Å²) in [4.78, 5) is 25.8. The summed E-state index contributed by atoms with van der Waals surface area (Å²) in [7, 11) is 1.58. The molecule has 120 valence electrons. The molecule has 0 radical (unpaired) electrons. The van der Waals surface area contributed by atoms with Gasteiger partial charge in [0.05, 0.1) is 6.04 Å². The van der Waals surface area contributed by atoms with Crippen molar-refractivity contribution < 1.29 is 23.2 Å². The first-order chi connectivity index (χ1) is 11.1. The molecule has 7 nitrogen and oxygen atoms in total. The number of aromatic nitrogens is 1. The molecule has 1 aromatic carbocycles. The zero-order valence-corrected chi connectivity index (χ0v) is 12.2. The molecular formula is C15H14FN3O4. The minimum Gasteiger partial charge on any atom is -0.363 e. The third kappa shape index (κ3) is 3.07. The highest BCUT2D eigenvalue weighted by atomic mass is 19.1. The zero-order chi connectivity index (χ0) is 16.4. The monoisotopic (exact) mass is 319 g/mol. The number of carbonyl (C=O) groups excluding carboxylic acids is 2. The van der Waals surface area contributed by atoms with Crippen molar-refractivity contribution in [2.45, 2.75) is 12.1 Å². The average molecular weight is 319 g/mol. The van der Waals surface area contributed by atoms with Crippen LogP contribution in [-0.4, -0.2) is 41.6 Å². The number of rotatable bonds is 3. The van der Waals surface area contributed by atoms with Gasteiger partial charge >= 0.3 is 0 Å². The van der Waals surface area contributed by atoms with E-state index in [1.807, 2.05) is 0 Å². The molecule has 0 saturated carbocycles. The molecule has 2 amide bonds. The van der Waals surface area contributed by atoms with Crippen molar-refractivity contribution in [1.82, 2.24) is 10.1 Å². The number of ether oxygens (including phenoxy) is 1. The Balaban J connectivity index is 1.88. The van der Waals surface area contributed by atoms with Crippen LogP contribution in [0.5, 0.6) is 0 Å². The number of halogens is 1. The van der Waals surface area contributed by atoms with Crippen LogP contribution in [0.2, 0.25) is 0 Å². The lowest BCUT2D eigenvalue weighted by Crippen LogP contribution is -2.51. The molecule has 0 bridgehead atoms. The van der Waals surface area contributed by atoms with E-state index in [1.54, 1.807) is 7.05 Å². The van der Waals surface area contributed by atoms with Gasteiger partial charge in [-0.1, -0.05) is 17.3 Å². The van der Waals surface area contributed by atoms with Crippen molar-refractivity contribution in [3.63, 3.8) is 0 Å². The quantitative estimate of drug-likeness (QED) is 0.923. The van der Waals surface area contributed by atoms with Crippen molar-refractivity contribution in [1.29, 1.82) is 0 Å². The van der Waals surface area contributed by atoms with E-state index in [1.165, 1.54) is 41.5 Å². The first-order valence-corrected chi connectivity index (χ1v) is 6.90. The number of amides is 2. The lowest BCUT2D eigenvalue weighted by atomic mass is 9.97. The zero-order valence-electron chi connectivity index (χ0n) is 12.2. The van der Waals surface area contributed by atoms with E-state index < -0.39 is 23.9 Å². The Morgan fingerprint density at radius 3 is 2.74 bits per heavy atom. The Hall–Kier alpha value is -2.74. The molecule has 1 fully saturated rings. The second-order valence-electron chi connectivity index (χ2n) is 5.11. The smallest absolute Gasteiger partial charge is 0.257 e. The van der Waals surface area contributed by atoms with Crippen LogP contribution in [0.25, 0.3) is 0 Å². The van der Waals surface area contributed by atoms with Crippen LogP contribution in [0.15, 0.2) is 41.1 Å². The summed E-state index contributed by atoms with van der Waals surface area (Å²) in [5.74, 6) is -0.878. The van der Waals surface area contributed by atoms with Gasteiger partial charge in [-0.05, 0) is 17.7 Å². The fourth-order valence-electron chi connectivity index (χ4n) is 2.46. The van der Waals surface area contributed by atoms with Gasteiger partial charge in [-0.25, -0.2) is 4.39 Å². The van der Waals surface area contributed by atoms with Gasteiger partial charge in [0.25, 0.3) is 5.91 Å². The number of nitrogens with one attached hydrogen (secondary N) is 1. The summed E-state index contributed by atoms with van der Waals surface area (Å²) in [5.41, 5.74) is 0.599. The maximum Gasteiger partial charge on any atom is 0.257 e. The van der Waals surface area contributed by atoms with Gasteiger partial charge in [-0.3, -0.25) is 9.59 Å². The lowest BCUT2D eigenvalue weighted by molar-refractivity contribution is -0.160. The van der Waals surface area contributed by atoms with E-state index in [2.05, 4.69) is 15.0 Å². The van der Waals surface area contributed by atoms with Gasteiger partial charge in [0, 0.05) is 13.1 Å². The topological polar surface area (TPSA) is 84.7 Å². The van der Waals surface area contributed by atoms with Crippen LogP contribution < -0.4 is 5.32 Å². The van der Waals surface area contributed by atoms with E-state index in [0.29, 0.717) is 5.56 Å². The summed E-state index contributed by atoms with van der Waals surface area (Å²) >= 11 is 0. The summed E-state index contributed by atoms with van der Waals surface area (Å²) in [6.07, 6.45) is 0.379. The highest BCUT2D eigenvalue weighted by Crippen LogP contribution is 2.29. The van der Waals surface area contributed by atoms with Crippen LogP contribution in [0, 0.1) is 5.82 Å². The van der Waals surface area contributed by atoms with Crippen molar-refractivity contribution in [3.8, 4) is 0 Å². The van der Waals surface area contributed by atoms with Crippen LogP contribution in [0.1, 0.15) is 11.6 Å². The third-order valence-corrected chi connectivity index (χ3v) is 3.64. The van der Waals surface area contributed by atoms with E-state index in [9.17, 15) is 14.0 Å². The van der Waals surface area contributed by atoms with Crippen LogP contribution >= 0.6 is 0 Å². The van der Waals surface area contributed by atoms with Crippen LogP contribution in [0.4, 0.5) is 10.2 Å². The number of hydrogen-bond acceptors (Lipinski definition) is 5. The van der Waals surface area contributed by atoms with Gasteiger partial charge in [0.2, 0.25) is 5.91 Å². The Bertz CT molecular complexity index is 702. The first-order valence-electron chi connectivity index (χ1n) is 6.90. The van der Waals surface area contributed by atoms with Crippen LogP contribution in [-0.2, 0) is 14.3 Å². The molecular weight excluding hydrogens is 305 g/mol. The molecule has 1 saturated heterocycles. The number of likely N-dealkylation sites (N-methyl/N-ethyl adjacent to an activating group) is 1. The largest absolute Gasteiger partial charge is 0.363 e. The molecule has 8 heteroatoms. The maximum atomic E-state index is 13.1. The molecule has 0 aliphatic carbocycles. The Morgan fingerprint density at radius 2 is 2.09 bits per heavy atom. The van der Waals surface area contributed by atoms with Gasteiger partial charge in [0.15, 0.2) is 11.9 Å². The molecule has 1 N–H and O–H groups in total. The lowest BCUT2D eigenvalue weighted by Gasteiger charge is -2.38. The summed E-state index contributed by atoms with van der Waals surface area (Å²) in [6.45, 7) is -0.203. The Kier molecular flexibility index (Phi) is 4.07. The van der Waals surface area contributed by atoms with E-state index >= 15 is 0 Å². The fourth-order valence-corrected chi connectivity index (χ4v) is 2.46. The Labute approximate surface area is 131 Å². The normalized spacial score (nSPS) is 21.3. The molecule has 0 unspecified atom stereocenters. The van der Waals surface area contributed by atoms with Gasteiger partial charge < -0.3 is 19.5 Å². The second-order valence-corrected chi connectivity index (χ2v) is 5.11. The van der Waals surface area contributed by atoms with E-state index in [-0.39, 0.29) is 18.3 Å². The number of benzene rings is 1. The van der Waals surface area contributed by atoms with Gasteiger partial charge in [-0.15, -0.1) is 0 Å². The highest BCUT2D eigenvalue weighted by molar-refractivity contribution is 5.95.